The molecule has 1 unspecified atom stereocenters. The minimum Gasteiger partial charge on any atom is -0.385 e. The molecule has 0 saturated heterocycles. The minimum atomic E-state index is -0.915. The van der Waals surface area contributed by atoms with Gasteiger partial charge in [-0.05, 0) is 12.3 Å². The molecule has 84 valence electrons. The Balaban J connectivity index is 2.64. The minimum absolute atomic E-state index is 0.156. The van der Waals surface area contributed by atoms with Crippen molar-refractivity contribution in [2.75, 3.05) is 0 Å². The summed E-state index contributed by atoms with van der Waals surface area (Å²) in [6.45, 7) is 7.44. The van der Waals surface area contributed by atoms with Crippen molar-refractivity contribution in [1.29, 1.82) is 0 Å². The molecular formula is C11H17NO2S. The standard InChI is InChI=1S/C11H17NO2S/c1-7-6-15-9(12-7)5-8(13)10(14)11(2,3)4/h6,10,14H,5H2,1-4H3. The van der Waals surface area contributed by atoms with Crippen molar-refractivity contribution >= 4 is 17.1 Å². The summed E-state index contributed by atoms with van der Waals surface area (Å²) in [5, 5.41) is 12.4. The van der Waals surface area contributed by atoms with Crippen LogP contribution >= 0.6 is 11.3 Å². The van der Waals surface area contributed by atoms with Gasteiger partial charge in [0.1, 0.15) is 11.1 Å². The summed E-state index contributed by atoms with van der Waals surface area (Å²) in [5.74, 6) is -0.156. The molecule has 1 atom stereocenters. The zero-order valence-electron chi connectivity index (χ0n) is 9.57. The number of rotatable bonds is 3. The summed E-state index contributed by atoms with van der Waals surface area (Å²) >= 11 is 1.46. The Labute approximate surface area is 94.2 Å². The lowest BCUT2D eigenvalue weighted by Gasteiger charge is -2.24. The molecule has 0 saturated carbocycles. The van der Waals surface area contributed by atoms with Crippen LogP contribution in [0.5, 0.6) is 0 Å². The van der Waals surface area contributed by atoms with E-state index < -0.39 is 11.5 Å². The summed E-state index contributed by atoms with van der Waals surface area (Å²) in [6.07, 6.45) is -0.682. The molecule has 0 aliphatic rings. The first-order chi connectivity index (χ1) is 6.80. The number of thiazole rings is 1. The molecule has 0 aliphatic heterocycles. The SMILES string of the molecule is Cc1csc(CC(=O)C(O)C(C)(C)C)n1. The summed E-state index contributed by atoms with van der Waals surface area (Å²) < 4.78 is 0. The second-order valence-electron chi connectivity index (χ2n) is 4.79. The molecule has 0 aromatic carbocycles. The maximum absolute atomic E-state index is 11.7. The van der Waals surface area contributed by atoms with Gasteiger partial charge in [-0.25, -0.2) is 4.98 Å². The highest BCUT2D eigenvalue weighted by Gasteiger charge is 2.29. The lowest BCUT2D eigenvalue weighted by Crippen LogP contribution is -2.35. The lowest BCUT2D eigenvalue weighted by molar-refractivity contribution is -0.131. The third-order valence-electron chi connectivity index (χ3n) is 2.12. The Kier molecular flexibility index (Phi) is 3.62. The number of hydrogen-bond donors (Lipinski definition) is 1. The van der Waals surface area contributed by atoms with Crippen molar-refractivity contribution in [3.8, 4) is 0 Å². The van der Waals surface area contributed by atoms with Gasteiger partial charge < -0.3 is 5.11 Å². The number of aryl methyl sites for hydroxylation is 1. The molecule has 1 aromatic rings. The molecule has 0 spiro atoms. The van der Waals surface area contributed by atoms with Gasteiger partial charge in [0, 0.05) is 11.1 Å². The van der Waals surface area contributed by atoms with Crippen LogP contribution in [0.3, 0.4) is 0 Å². The van der Waals surface area contributed by atoms with E-state index in [1.807, 2.05) is 33.1 Å². The van der Waals surface area contributed by atoms with E-state index in [9.17, 15) is 9.90 Å². The van der Waals surface area contributed by atoms with Gasteiger partial charge in [-0.1, -0.05) is 20.8 Å². The van der Waals surface area contributed by atoms with Crippen molar-refractivity contribution in [1.82, 2.24) is 4.98 Å². The molecule has 0 radical (unpaired) electrons. The van der Waals surface area contributed by atoms with Gasteiger partial charge >= 0.3 is 0 Å². The maximum Gasteiger partial charge on any atom is 0.168 e. The number of Topliss-reactive ketones (excluding diaryl/α,β-unsaturated/α-hetero) is 1. The average molecular weight is 227 g/mol. The second-order valence-corrected chi connectivity index (χ2v) is 5.74. The first kappa shape index (κ1) is 12.3. The Morgan fingerprint density at radius 1 is 1.60 bits per heavy atom. The molecule has 0 bridgehead atoms. The number of aromatic nitrogens is 1. The van der Waals surface area contributed by atoms with E-state index in [0.29, 0.717) is 0 Å². The van der Waals surface area contributed by atoms with Crippen LogP contribution in [0.2, 0.25) is 0 Å². The molecule has 0 amide bonds. The third kappa shape index (κ3) is 3.39. The summed E-state index contributed by atoms with van der Waals surface area (Å²) in [6, 6.07) is 0. The predicted octanol–water partition coefficient (Wildman–Crippen LogP) is 1.97. The normalized spacial score (nSPS) is 13.9. The van der Waals surface area contributed by atoms with Crippen LogP contribution in [0, 0.1) is 12.3 Å². The predicted molar refractivity (Wildman–Crippen MR) is 61.0 cm³/mol. The first-order valence-electron chi connectivity index (χ1n) is 4.92. The summed E-state index contributed by atoms with van der Waals surface area (Å²) in [7, 11) is 0. The third-order valence-corrected chi connectivity index (χ3v) is 3.08. The maximum atomic E-state index is 11.7. The largest absolute Gasteiger partial charge is 0.385 e. The number of carbonyl (C=O) groups is 1. The Morgan fingerprint density at radius 3 is 2.60 bits per heavy atom. The average Bonchev–Trinajstić information content (AvgIpc) is 2.48. The van der Waals surface area contributed by atoms with Crippen molar-refractivity contribution in [2.24, 2.45) is 5.41 Å². The molecule has 1 heterocycles. The lowest BCUT2D eigenvalue weighted by atomic mass is 9.86. The molecule has 4 heteroatoms. The molecule has 0 aliphatic carbocycles. The quantitative estimate of drug-likeness (QED) is 0.859. The van der Waals surface area contributed by atoms with Gasteiger partial charge in [0.15, 0.2) is 5.78 Å². The molecule has 1 rings (SSSR count). The molecule has 0 fully saturated rings. The number of aliphatic hydroxyl groups excluding tert-OH is 1. The van der Waals surface area contributed by atoms with Crippen molar-refractivity contribution in [2.45, 2.75) is 40.2 Å². The number of ketones is 1. The zero-order valence-corrected chi connectivity index (χ0v) is 10.4. The van der Waals surface area contributed by atoms with Gasteiger partial charge in [-0.15, -0.1) is 11.3 Å². The molecule has 15 heavy (non-hydrogen) atoms. The number of hydrogen-bond acceptors (Lipinski definition) is 4. The zero-order chi connectivity index (χ0) is 11.6. The van der Waals surface area contributed by atoms with Crippen molar-refractivity contribution in [3.05, 3.63) is 16.1 Å². The fourth-order valence-electron chi connectivity index (χ4n) is 1.21. The van der Waals surface area contributed by atoms with Gasteiger partial charge in [-0.3, -0.25) is 4.79 Å². The van der Waals surface area contributed by atoms with Gasteiger partial charge in [0.05, 0.1) is 6.42 Å². The number of nitrogens with zero attached hydrogens (tertiary/aromatic N) is 1. The van der Waals surface area contributed by atoms with Gasteiger partial charge in [0.2, 0.25) is 0 Å². The van der Waals surface area contributed by atoms with Gasteiger partial charge in [0.25, 0.3) is 0 Å². The van der Waals surface area contributed by atoms with Crippen LogP contribution in [-0.4, -0.2) is 22.0 Å². The molecule has 1 aromatic heterocycles. The van der Waals surface area contributed by atoms with Gasteiger partial charge in [-0.2, -0.15) is 0 Å². The van der Waals surface area contributed by atoms with E-state index in [-0.39, 0.29) is 12.2 Å². The van der Waals surface area contributed by atoms with Crippen LogP contribution in [0.15, 0.2) is 5.38 Å². The first-order valence-corrected chi connectivity index (χ1v) is 5.80. The Hall–Kier alpha value is -0.740. The van der Waals surface area contributed by atoms with Crippen molar-refractivity contribution < 1.29 is 9.90 Å². The molecule has 1 N–H and O–H groups in total. The van der Waals surface area contributed by atoms with Crippen LogP contribution < -0.4 is 0 Å². The van der Waals surface area contributed by atoms with E-state index in [1.54, 1.807) is 0 Å². The highest BCUT2D eigenvalue weighted by Crippen LogP contribution is 2.21. The van der Waals surface area contributed by atoms with E-state index in [1.165, 1.54) is 11.3 Å². The summed E-state index contributed by atoms with van der Waals surface area (Å²) in [4.78, 5) is 15.9. The highest BCUT2D eigenvalue weighted by molar-refractivity contribution is 7.09. The highest BCUT2D eigenvalue weighted by atomic mass is 32.1. The Bertz CT molecular complexity index is 352. The monoisotopic (exact) mass is 227 g/mol. The van der Waals surface area contributed by atoms with Crippen LogP contribution in [0.25, 0.3) is 0 Å². The fourth-order valence-corrected chi connectivity index (χ4v) is 1.99. The summed E-state index contributed by atoms with van der Waals surface area (Å²) in [5.41, 5.74) is 0.525. The van der Waals surface area contributed by atoms with Crippen molar-refractivity contribution in [3.63, 3.8) is 0 Å². The molecular weight excluding hydrogens is 210 g/mol. The fraction of sp³-hybridized carbons (Fsp3) is 0.636. The number of carbonyl (C=O) groups excluding carboxylic acids is 1. The molecule has 3 nitrogen and oxygen atoms in total. The topological polar surface area (TPSA) is 50.2 Å². The number of aliphatic hydroxyl groups is 1. The van der Waals surface area contributed by atoms with Crippen LogP contribution in [0.4, 0.5) is 0 Å². The van der Waals surface area contributed by atoms with E-state index in [2.05, 4.69) is 4.98 Å². The van der Waals surface area contributed by atoms with Crippen LogP contribution in [0.1, 0.15) is 31.5 Å². The Morgan fingerprint density at radius 2 is 2.20 bits per heavy atom. The van der Waals surface area contributed by atoms with E-state index in [4.69, 9.17) is 0 Å². The van der Waals surface area contributed by atoms with E-state index >= 15 is 0 Å². The second kappa shape index (κ2) is 4.41. The van der Waals surface area contributed by atoms with E-state index in [0.717, 1.165) is 10.7 Å². The smallest absolute Gasteiger partial charge is 0.168 e. The van der Waals surface area contributed by atoms with Crippen LogP contribution in [-0.2, 0) is 11.2 Å².